The molecule has 0 unspecified atom stereocenters. The molecule has 3 fully saturated rings. The number of aromatic nitrogens is 1. The Morgan fingerprint density at radius 3 is 2.46 bits per heavy atom. The number of rotatable bonds is 4. The Morgan fingerprint density at radius 2 is 2.04 bits per heavy atom. The number of piperidine rings is 1. The molecule has 1 saturated carbocycles. The summed E-state index contributed by atoms with van der Waals surface area (Å²) in [6, 6.07) is 2.71. The fraction of sp³-hybridized carbons (Fsp3) is 0.632. The predicted octanol–water partition coefficient (Wildman–Crippen LogP) is 2.97. The number of nitrogens with zero attached hydrogens (tertiary/aromatic N) is 4. The highest BCUT2D eigenvalue weighted by Crippen LogP contribution is 2.56. The molecule has 1 aliphatic carbocycles. The van der Waals surface area contributed by atoms with Gasteiger partial charge in [0.25, 0.3) is 0 Å². The number of nitriles is 1. The summed E-state index contributed by atoms with van der Waals surface area (Å²) in [7, 11) is 0. The highest BCUT2D eigenvalue weighted by molar-refractivity contribution is 5.71. The maximum absolute atomic E-state index is 13.6. The van der Waals surface area contributed by atoms with Crippen molar-refractivity contribution in [1.29, 1.82) is 5.26 Å². The normalized spacial score (nSPS) is 29.7. The van der Waals surface area contributed by atoms with Gasteiger partial charge in [-0.2, -0.15) is 18.4 Å². The largest absolute Gasteiger partial charge is 0.481 e. The van der Waals surface area contributed by atoms with E-state index in [1.165, 1.54) is 0 Å². The van der Waals surface area contributed by atoms with Crippen LogP contribution in [0.15, 0.2) is 6.07 Å². The molecule has 9 heteroatoms. The van der Waals surface area contributed by atoms with Gasteiger partial charge in [-0.3, -0.25) is 4.79 Å². The maximum Gasteiger partial charge on any atom is 0.417 e. The molecule has 2 aliphatic heterocycles. The highest BCUT2D eigenvalue weighted by Gasteiger charge is 2.59. The zero-order valence-electron chi connectivity index (χ0n) is 15.6. The second-order valence-electron chi connectivity index (χ2n) is 8.10. The van der Waals surface area contributed by atoms with E-state index in [4.69, 9.17) is 0 Å². The van der Waals surface area contributed by atoms with Gasteiger partial charge in [0.1, 0.15) is 23.3 Å². The van der Waals surface area contributed by atoms with E-state index < -0.39 is 29.2 Å². The monoisotopic (exact) mass is 394 g/mol. The Balaban J connectivity index is 1.65. The number of alkyl halides is 3. The molecule has 0 bridgehead atoms. The van der Waals surface area contributed by atoms with E-state index in [1.807, 2.05) is 6.92 Å². The molecule has 5 atom stereocenters. The first-order valence-electron chi connectivity index (χ1n) is 9.40. The van der Waals surface area contributed by atoms with Gasteiger partial charge in [0.15, 0.2) is 0 Å². The summed E-state index contributed by atoms with van der Waals surface area (Å²) in [5.41, 5.74) is -1.38. The number of aliphatic carboxylic acids is 1. The first-order chi connectivity index (χ1) is 13.1. The molecule has 1 aromatic rings. The molecular weight excluding hydrogens is 373 g/mol. The van der Waals surface area contributed by atoms with Crippen molar-refractivity contribution in [2.75, 3.05) is 29.4 Å². The fourth-order valence-electron chi connectivity index (χ4n) is 4.72. The molecule has 2 saturated heterocycles. The van der Waals surface area contributed by atoms with Crippen LogP contribution in [0.25, 0.3) is 0 Å². The van der Waals surface area contributed by atoms with Gasteiger partial charge < -0.3 is 14.9 Å². The number of fused-ring (bicyclic) bond motifs is 1. The van der Waals surface area contributed by atoms with Gasteiger partial charge in [-0.25, -0.2) is 4.98 Å². The Hall–Kier alpha value is -2.50. The van der Waals surface area contributed by atoms with E-state index in [0.717, 1.165) is 12.5 Å². The molecule has 3 heterocycles. The Bertz CT molecular complexity index is 854. The quantitative estimate of drug-likeness (QED) is 0.846. The number of carbonyl (C=O) groups is 1. The van der Waals surface area contributed by atoms with E-state index >= 15 is 0 Å². The van der Waals surface area contributed by atoms with Crippen molar-refractivity contribution < 1.29 is 23.1 Å². The summed E-state index contributed by atoms with van der Waals surface area (Å²) in [4.78, 5) is 19.2. The third kappa shape index (κ3) is 2.86. The first-order valence-corrected chi connectivity index (χ1v) is 9.40. The van der Waals surface area contributed by atoms with Crippen LogP contribution in [-0.2, 0) is 11.0 Å². The van der Waals surface area contributed by atoms with Gasteiger partial charge in [0.05, 0.1) is 11.5 Å². The molecule has 0 amide bonds. The van der Waals surface area contributed by atoms with E-state index in [1.54, 1.807) is 22.8 Å². The van der Waals surface area contributed by atoms with Crippen LogP contribution >= 0.6 is 0 Å². The molecule has 6 nitrogen and oxygen atoms in total. The molecular formula is C19H21F3N4O2. The number of hydrogen-bond donors (Lipinski definition) is 1. The second-order valence-corrected chi connectivity index (χ2v) is 8.10. The molecule has 1 N–H and O–H groups in total. The lowest BCUT2D eigenvalue weighted by Crippen LogP contribution is -2.47. The Labute approximate surface area is 160 Å². The standard InChI is InChI=1S/C19H21F3N4O2/c1-9-3-4-26(9)17-11(6-23)14(19(20,21)22)5-15(24-17)25-7-12-13(8-25)16(12)10(2)18(27)28/h5,9-10,12-13,16H,3-4,7-8H2,1-2H3,(H,27,28)/t9-,10+,12-,13+,16+/m0/s1. The van der Waals surface area contributed by atoms with E-state index in [0.29, 0.717) is 19.6 Å². The van der Waals surface area contributed by atoms with Gasteiger partial charge in [-0.05, 0) is 37.2 Å². The van der Waals surface area contributed by atoms with Gasteiger partial charge in [0.2, 0.25) is 0 Å². The topological polar surface area (TPSA) is 80.5 Å². The average Bonchev–Trinajstić information content (AvgIpc) is 3.10. The Morgan fingerprint density at radius 1 is 1.39 bits per heavy atom. The predicted molar refractivity (Wildman–Crippen MR) is 94.9 cm³/mol. The molecule has 150 valence electrons. The van der Waals surface area contributed by atoms with Crippen LogP contribution in [-0.4, -0.2) is 41.7 Å². The van der Waals surface area contributed by atoms with Crippen LogP contribution in [0.1, 0.15) is 31.4 Å². The lowest BCUT2D eigenvalue weighted by Gasteiger charge is -2.41. The number of pyridine rings is 1. The van der Waals surface area contributed by atoms with Crippen molar-refractivity contribution in [3.05, 3.63) is 17.2 Å². The SMILES string of the molecule is C[C@@H](C(=O)O)[C@H]1[C@@H]2CN(c3cc(C(F)(F)F)c(C#N)c(N4CC[C@@H]4C)n3)C[C@@H]21. The van der Waals surface area contributed by atoms with E-state index in [-0.39, 0.29) is 35.4 Å². The molecule has 0 spiro atoms. The minimum absolute atomic E-state index is 0.0451. The van der Waals surface area contributed by atoms with Crippen LogP contribution in [0.4, 0.5) is 24.8 Å². The van der Waals surface area contributed by atoms with Crippen molar-refractivity contribution in [3.63, 3.8) is 0 Å². The molecule has 28 heavy (non-hydrogen) atoms. The third-order valence-electron chi connectivity index (χ3n) is 6.55. The van der Waals surface area contributed by atoms with Crippen LogP contribution in [0, 0.1) is 35.0 Å². The minimum atomic E-state index is -4.64. The highest BCUT2D eigenvalue weighted by atomic mass is 19.4. The van der Waals surface area contributed by atoms with Crippen LogP contribution in [0.2, 0.25) is 0 Å². The number of anilines is 2. The summed E-state index contributed by atoms with van der Waals surface area (Å²) in [5, 5.41) is 18.6. The summed E-state index contributed by atoms with van der Waals surface area (Å²) in [6.45, 7) is 5.15. The summed E-state index contributed by atoms with van der Waals surface area (Å²) in [5.74, 6) is -0.556. The van der Waals surface area contributed by atoms with Crippen LogP contribution in [0.3, 0.4) is 0 Å². The minimum Gasteiger partial charge on any atom is -0.481 e. The van der Waals surface area contributed by atoms with Gasteiger partial charge in [-0.15, -0.1) is 0 Å². The van der Waals surface area contributed by atoms with Crippen LogP contribution in [0.5, 0.6) is 0 Å². The van der Waals surface area contributed by atoms with Crippen molar-refractivity contribution in [2.45, 2.75) is 32.5 Å². The zero-order chi connectivity index (χ0) is 20.4. The molecule has 0 radical (unpaired) electrons. The number of halogens is 3. The first kappa shape index (κ1) is 18.8. The second kappa shape index (κ2) is 6.26. The van der Waals surface area contributed by atoms with Crippen LogP contribution < -0.4 is 9.80 Å². The van der Waals surface area contributed by atoms with E-state index in [2.05, 4.69) is 4.98 Å². The van der Waals surface area contributed by atoms with Crippen molar-refractivity contribution >= 4 is 17.6 Å². The molecule has 1 aromatic heterocycles. The Kier molecular flexibility index (Phi) is 4.21. The van der Waals surface area contributed by atoms with Gasteiger partial charge in [-0.1, -0.05) is 6.92 Å². The zero-order valence-corrected chi connectivity index (χ0v) is 15.6. The van der Waals surface area contributed by atoms with E-state index in [9.17, 15) is 28.3 Å². The number of carboxylic acids is 1. The summed E-state index contributed by atoms with van der Waals surface area (Å²) in [6.07, 6.45) is -3.80. The smallest absolute Gasteiger partial charge is 0.417 e. The lowest BCUT2D eigenvalue weighted by molar-refractivity contribution is -0.142. The average molecular weight is 394 g/mol. The maximum atomic E-state index is 13.6. The molecule has 3 aliphatic rings. The van der Waals surface area contributed by atoms with Crippen molar-refractivity contribution in [1.82, 2.24) is 4.98 Å². The lowest BCUT2D eigenvalue weighted by atomic mass is 10.0. The third-order valence-corrected chi connectivity index (χ3v) is 6.55. The summed E-state index contributed by atoms with van der Waals surface area (Å²) < 4.78 is 40.9. The van der Waals surface area contributed by atoms with Crippen molar-refractivity contribution in [2.24, 2.45) is 23.7 Å². The number of carboxylic acid groups (broad SMARTS) is 1. The molecule has 4 rings (SSSR count). The number of hydrogen-bond acceptors (Lipinski definition) is 5. The summed E-state index contributed by atoms with van der Waals surface area (Å²) >= 11 is 0. The van der Waals surface area contributed by atoms with Gasteiger partial charge >= 0.3 is 12.1 Å². The fourth-order valence-corrected chi connectivity index (χ4v) is 4.72. The van der Waals surface area contributed by atoms with Gasteiger partial charge in [0, 0.05) is 25.7 Å². The van der Waals surface area contributed by atoms with Crippen molar-refractivity contribution in [3.8, 4) is 6.07 Å². The molecule has 0 aromatic carbocycles.